The van der Waals surface area contributed by atoms with E-state index in [9.17, 15) is 0 Å². The lowest BCUT2D eigenvalue weighted by Crippen LogP contribution is -2.11. The van der Waals surface area contributed by atoms with Gasteiger partial charge in [0.25, 0.3) is 0 Å². The van der Waals surface area contributed by atoms with Crippen molar-refractivity contribution < 1.29 is 0 Å². The van der Waals surface area contributed by atoms with Gasteiger partial charge in [0.1, 0.15) is 5.69 Å². The zero-order valence-corrected chi connectivity index (χ0v) is 18.4. The molecule has 0 saturated carbocycles. The topological polar surface area (TPSA) is 47.5 Å². The molecule has 0 radical (unpaired) electrons. The Morgan fingerprint density at radius 2 is 1.68 bits per heavy atom. The number of rotatable bonds is 5. The van der Waals surface area contributed by atoms with Gasteiger partial charge in [-0.3, -0.25) is 0 Å². The Balaban J connectivity index is 1.57. The second kappa shape index (κ2) is 8.67. The van der Waals surface area contributed by atoms with Gasteiger partial charge in [-0.1, -0.05) is 42.5 Å². The number of thiazole rings is 1. The van der Waals surface area contributed by atoms with E-state index in [0.29, 0.717) is 0 Å². The maximum absolute atomic E-state index is 4.84. The van der Waals surface area contributed by atoms with Crippen molar-refractivity contribution in [1.29, 1.82) is 0 Å². The monoisotopic (exact) mass is 441 g/mol. The van der Waals surface area contributed by atoms with E-state index in [0.717, 1.165) is 38.0 Å². The van der Waals surface area contributed by atoms with Crippen LogP contribution in [0.5, 0.6) is 0 Å². The van der Waals surface area contributed by atoms with Crippen LogP contribution in [0.15, 0.2) is 99.8 Å². The normalized spacial score (nSPS) is 12.1. The van der Waals surface area contributed by atoms with Gasteiger partial charge in [0, 0.05) is 17.1 Å². The number of thiophene rings is 1. The Labute approximate surface area is 187 Å². The van der Waals surface area contributed by atoms with E-state index in [-0.39, 0.29) is 0 Å². The first-order valence-electron chi connectivity index (χ1n) is 9.78. The van der Waals surface area contributed by atoms with Crippen molar-refractivity contribution in [3.8, 4) is 16.3 Å². The Hall–Kier alpha value is -3.55. The van der Waals surface area contributed by atoms with Crippen molar-refractivity contribution in [1.82, 2.24) is 14.5 Å². The van der Waals surface area contributed by atoms with Gasteiger partial charge in [-0.15, -0.1) is 22.7 Å². The second-order valence-corrected chi connectivity index (χ2v) is 8.64. The first kappa shape index (κ1) is 19.4. The lowest BCUT2D eigenvalue weighted by atomic mass is 10.2. The molecule has 5 rings (SSSR count). The predicted octanol–water partition coefficient (Wildman–Crippen LogP) is 5.89. The van der Waals surface area contributed by atoms with Crippen LogP contribution >= 0.6 is 22.7 Å². The van der Waals surface area contributed by atoms with Gasteiger partial charge in [0.15, 0.2) is 0 Å². The molecule has 0 fully saturated rings. The molecule has 0 aliphatic carbocycles. The van der Waals surface area contributed by atoms with Gasteiger partial charge in [-0.2, -0.15) is 10.2 Å². The standard InChI is InChI=1S/C24H19N5S2/c1-18-17-31-24(26-20-9-4-2-5-10-20)29(18)25-15-19-16-28(21-11-6-3-7-12-21)27-23(19)22-13-8-14-30-22/h2-17H,1H3. The lowest BCUT2D eigenvalue weighted by molar-refractivity contribution is 0.810. The van der Waals surface area contributed by atoms with Crippen molar-refractivity contribution in [2.75, 3.05) is 0 Å². The molecule has 0 bridgehead atoms. The summed E-state index contributed by atoms with van der Waals surface area (Å²) in [7, 11) is 0. The molecule has 0 unspecified atom stereocenters. The summed E-state index contributed by atoms with van der Waals surface area (Å²) in [6, 6.07) is 24.2. The minimum atomic E-state index is 0.827. The van der Waals surface area contributed by atoms with Crippen molar-refractivity contribution in [3.63, 3.8) is 0 Å². The summed E-state index contributed by atoms with van der Waals surface area (Å²) in [4.78, 5) is 6.68. The summed E-state index contributed by atoms with van der Waals surface area (Å²) in [6.45, 7) is 2.03. The highest BCUT2D eigenvalue weighted by molar-refractivity contribution is 7.13. The third-order valence-corrected chi connectivity index (χ3v) is 6.47. The fourth-order valence-corrected chi connectivity index (χ4v) is 4.69. The van der Waals surface area contributed by atoms with Gasteiger partial charge in [-0.05, 0) is 42.6 Å². The molecule has 3 heterocycles. The first-order chi connectivity index (χ1) is 15.3. The molecule has 31 heavy (non-hydrogen) atoms. The average molecular weight is 442 g/mol. The molecule has 2 aromatic carbocycles. The Morgan fingerprint density at radius 1 is 0.903 bits per heavy atom. The number of aryl methyl sites for hydroxylation is 1. The number of benzene rings is 2. The molecular weight excluding hydrogens is 422 g/mol. The highest BCUT2D eigenvalue weighted by atomic mass is 32.1. The molecule has 0 atom stereocenters. The van der Waals surface area contributed by atoms with E-state index in [1.165, 1.54) is 0 Å². The van der Waals surface area contributed by atoms with E-state index >= 15 is 0 Å². The number of nitrogens with zero attached hydrogens (tertiary/aromatic N) is 5. The molecule has 5 aromatic rings. The van der Waals surface area contributed by atoms with Crippen LogP contribution in [0.2, 0.25) is 0 Å². The predicted molar refractivity (Wildman–Crippen MR) is 129 cm³/mol. The van der Waals surface area contributed by atoms with Crippen LogP contribution in [0, 0.1) is 6.92 Å². The summed E-state index contributed by atoms with van der Waals surface area (Å²) in [5.41, 5.74) is 4.82. The largest absolute Gasteiger partial charge is 0.240 e. The average Bonchev–Trinajstić information content (AvgIpc) is 3.55. The molecule has 0 N–H and O–H groups in total. The third-order valence-electron chi connectivity index (χ3n) is 4.66. The summed E-state index contributed by atoms with van der Waals surface area (Å²) < 4.78 is 3.77. The summed E-state index contributed by atoms with van der Waals surface area (Å²) in [6.07, 6.45) is 3.88. The summed E-state index contributed by atoms with van der Waals surface area (Å²) in [5.74, 6) is 0. The fraction of sp³-hybridized carbons (Fsp3) is 0.0417. The van der Waals surface area contributed by atoms with E-state index in [1.807, 2.05) is 95.4 Å². The van der Waals surface area contributed by atoms with Crippen LogP contribution in [0.4, 0.5) is 5.69 Å². The van der Waals surface area contributed by atoms with Crippen LogP contribution in [-0.4, -0.2) is 20.7 Å². The SMILES string of the molecule is Cc1csc(=Nc2ccccc2)n1N=Cc1cn(-c2ccccc2)nc1-c1cccs1. The second-order valence-electron chi connectivity index (χ2n) is 6.85. The Morgan fingerprint density at radius 3 is 2.42 bits per heavy atom. The third kappa shape index (κ3) is 4.19. The summed E-state index contributed by atoms with van der Waals surface area (Å²) >= 11 is 3.24. The number of aromatic nitrogens is 3. The lowest BCUT2D eigenvalue weighted by Gasteiger charge is -1.99. The van der Waals surface area contributed by atoms with E-state index in [4.69, 9.17) is 15.2 Å². The molecular formula is C24H19N5S2. The van der Waals surface area contributed by atoms with E-state index in [2.05, 4.69) is 16.8 Å². The van der Waals surface area contributed by atoms with Crippen molar-refractivity contribution in [2.24, 2.45) is 10.1 Å². The number of hydrogen-bond donors (Lipinski definition) is 0. The molecule has 3 aromatic heterocycles. The van der Waals surface area contributed by atoms with Crippen LogP contribution in [0.1, 0.15) is 11.3 Å². The fourth-order valence-electron chi connectivity index (χ4n) is 3.14. The molecule has 5 nitrogen and oxygen atoms in total. The van der Waals surface area contributed by atoms with Gasteiger partial charge in [-0.25, -0.2) is 14.4 Å². The van der Waals surface area contributed by atoms with Crippen LogP contribution in [0.3, 0.4) is 0 Å². The van der Waals surface area contributed by atoms with Crippen LogP contribution in [-0.2, 0) is 0 Å². The number of para-hydroxylation sites is 2. The molecule has 0 aliphatic rings. The van der Waals surface area contributed by atoms with Crippen molar-refractivity contribution >= 4 is 34.6 Å². The molecule has 152 valence electrons. The van der Waals surface area contributed by atoms with Gasteiger partial charge < -0.3 is 0 Å². The van der Waals surface area contributed by atoms with Gasteiger partial charge in [0.05, 0.1) is 28.2 Å². The van der Waals surface area contributed by atoms with Crippen LogP contribution < -0.4 is 4.80 Å². The van der Waals surface area contributed by atoms with Gasteiger partial charge >= 0.3 is 0 Å². The van der Waals surface area contributed by atoms with Crippen molar-refractivity contribution in [2.45, 2.75) is 6.92 Å². The quantitative estimate of drug-likeness (QED) is 0.314. The minimum Gasteiger partial charge on any atom is -0.240 e. The molecule has 0 amide bonds. The Bertz CT molecular complexity index is 1380. The maximum Gasteiger partial charge on any atom is 0.211 e. The van der Waals surface area contributed by atoms with Crippen LogP contribution in [0.25, 0.3) is 16.3 Å². The zero-order chi connectivity index (χ0) is 21.0. The smallest absolute Gasteiger partial charge is 0.211 e. The maximum atomic E-state index is 4.84. The first-order valence-corrected chi connectivity index (χ1v) is 11.5. The van der Waals surface area contributed by atoms with E-state index in [1.54, 1.807) is 22.7 Å². The minimum absolute atomic E-state index is 0.827. The highest BCUT2D eigenvalue weighted by Crippen LogP contribution is 2.27. The number of hydrogen-bond acceptors (Lipinski definition) is 5. The van der Waals surface area contributed by atoms with Gasteiger partial charge in [0.2, 0.25) is 4.80 Å². The molecule has 7 heteroatoms. The zero-order valence-electron chi connectivity index (χ0n) is 16.8. The highest BCUT2D eigenvalue weighted by Gasteiger charge is 2.12. The molecule has 0 aliphatic heterocycles. The molecule has 0 spiro atoms. The van der Waals surface area contributed by atoms with E-state index < -0.39 is 0 Å². The molecule has 0 saturated heterocycles. The van der Waals surface area contributed by atoms with Crippen molar-refractivity contribution in [3.05, 3.63) is 106 Å². The Kier molecular flexibility index (Phi) is 5.43. The summed E-state index contributed by atoms with van der Waals surface area (Å²) in [5, 5.41) is 13.7.